The van der Waals surface area contributed by atoms with Crippen LogP contribution in [0.3, 0.4) is 0 Å². The third kappa shape index (κ3) is 4.16. The SMILES string of the molecule is Cc1ccc(Cl)cc1Nc1cc(C(=O)N(C)C2CCS(=O)(=O)C2)ccn1. The van der Waals surface area contributed by atoms with Gasteiger partial charge in [0.2, 0.25) is 0 Å². The number of hydrogen-bond donors (Lipinski definition) is 1. The Balaban J connectivity index is 1.78. The minimum absolute atomic E-state index is 0.0210. The molecule has 1 aliphatic rings. The van der Waals surface area contributed by atoms with Crippen molar-refractivity contribution in [1.82, 2.24) is 9.88 Å². The monoisotopic (exact) mass is 393 g/mol. The molecule has 0 aliphatic carbocycles. The van der Waals surface area contributed by atoms with Crippen molar-refractivity contribution in [3.63, 3.8) is 0 Å². The summed E-state index contributed by atoms with van der Waals surface area (Å²) in [5.41, 5.74) is 2.26. The number of rotatable bonds is 4. The highest BCUT2D eigenvalue weighted by atomic mass is 35.5. The zero-order valence-corrected chi connectivity index (χ0v) is 16.1. The highest BCUT2D eigenvalue weighted by molar-refractivity contribution is 7.91. The Kier molecular flexibility index (Phi) is 5.20. The lowest BCUT2D eigenvalue weighted by atomic mass is 10.1. The summed E-state index contributed by atoms with van der Waals surface area (Å²) in [6.45, 7) is 1.95. The molecule has 1 atom stereocenters. The molecule has 1 unspecified atom stereocenters. The largest absolute Gasteiger partial charge is 0.340 e. The van der Waals surface area contributed by atoms with Gasteiger partial charge in [0.15, 0.2) is 9.84 Å². The average molecular weight is 394 g/mol. The molecule has 26 heavy (non-hydrogen) atoms. The van der Waals surface area contributed by atoms with Gasteiger partial charge in [-0.05, 0) is 43.2 Å². The molecule has 1 aromatic carbocycles. The first kappa shape index (κ1) is 18.7. The molecule has 0 radical (unpaired) electrons. The smallest absolute Gasteiger partial charge is 0.254 e. The maximum absolute atomic E-state index is 12.7. The van der Waals surface area contributed by atoms with Crippen molar-refractivity contribution in [1.29, 1.82) is 0 Å². The Morgan fingerprint density at radius 1 is 1.31 bits per heavy atom. The van der Waals surface area contributed by atoms with Gasteiger partial charge in [-0.15, -0.1) is 0 Å². The molecule has 0 bridgehead atoms. The van der Waals surface area contributed by atoms with E-state index in [4.69, 9.17) is 11.6 Å². The third-order valence-corrected chi connectivity index (χ3v) is 6.53. The van der Waals surface area contributed by atoms with E-state index in [2.05, 4.69) is 10.3 Å². The first-order valence-corrected chi connectivity index (χ1v) is 10.4. The maximum Gasteiger partial charge on any atom is 0.254 e. The van der Waals surface area contributed by atoms with E-state index in [1.165, 1.54) is 4.90 Å². The highest BCUT2D eigenvalue weighted by Gasteiger charge is 2.33. The van der Waals surface area contributed by atoms with Crippen LogP contribution >= 0.6 is 11.6 Å². The lowest BCUT2D eigenvalue weighted by Gasteiger charge is -2.23. The zero-order chi connectivity index (χ0) is 18.9. The number of anilines is 2. The van der Waals surface area contributed by atoms with Crippen molar-refractivity contribution in [2.75, 3.05) is 23.9 Å². The Hall–Kier alpha value is -2.12. The molecule has 3 rings (SSSR count). The van der Waals surface area contributed by atoms with Crippen molar-refractivity contribution in [2.24, 2.45) is 0 Å². The lowest BCUT2D eigenvalue weighted by molar-refractivity contribution is 0.0747. The van der Waals surface area contributed by atoms with E-state index >= 15 is 0 Å². The number of amides is 1. The van der Waals surface area contributed by atoms with Crippen molar-refractivity contribution in [2.45, 2.75) is 19.4 Å². The van der Waals surface area contributed by atoms with Gasteiger partial charge in [-0.25, -0.2) is 13.4 Å². The molecule has 1 aliphatic heterocycles. The molecule has 2 aromatic rings. The quantitative estimate of drug-likeness (QED) is 0.863. The first-order valence-electron chi connectivity index (χ1n) is 8.22. The molecule has 1 aromatic heterocycles. The topological polar surface area (TPSA) is 79.4 Å². The van der Waals surface area contributed by atoms with Crippen molar-refractivity contribution in [3.05, 3.63) is 52.7 Å². The zero-order valence-electron chi connectivity index (χ0n) is 14.6. The highest BCUT2D eigenvalue weighted by Crippen LogP contribution is 2.24. The minimum Gasteiger partial charge on any atom is -0.340 e. The number of sulfone groups is 1. The molecule has 138 valence electrons. The van der Waals surface area contributed by atoms with Crippen LogP contribution in [0, 0.1) is 6.92 Å². The standard InChI is InChI=1S/C18H20ClN3O3S/c1-12-3-4-14(19)10-16(12)21-17-9-13(5-7-20-17)18(23)22(2)15-6-8-26(24,25)11-15/h3-5,7,9-10,15H,6,8,11H2,1-2H3,(H,20,21). The van der Waals surface area contributed by atoms with Crippen LogP contribution in [0.1, 0.15) is 22.3 Å². The summed E-state index contributed by atoms with van der Waals surface area (Å²) >= 11 is 6.03. The molecule has 1 amide bonds. The van der Waals surface area contributed by atoms with Crippen molar-refractivity contribution < 1.29 is 13.2 Å². The Morgan fingerprint density at radius 2 is 2.08 bits per heavy atom. The Labute approximate surface area is 158 Å². The number of carbonyl (C=O) groups excluding carboxylic acids is 1. The van der Waals surface area contributed by atoms with Gasteiger partial charge in [0.1, 0.15) is 5.82 Å². The van der Waals surface area contributed by atoms with Gasteiger partial charge < -0.3 is 10.2 Å². The van der Waals surface area contributed by atoms with Gasteiger partial charge in [-0.1, -0.05) is 17.7 Å². The fourth-order valence-electron chi connectivity index (χ4n) is 2.95. The molecule has 1 N–H and O–H groups in total. The number of aryl methyl sites for hydroxylation is 1. The normalized spacial score (nSPS) is 18.5. The van der Waals surface area contributed by atoms with E-state index in [0.717, 1.165) is 11.3 Å². The van der Waals surface area contributed by atoms with E-state index in [0.29, 0.717) is 22.8 Å². The summed E-state index contributed by atoms with van der Waals surface area (Å²) in [6, 6.07) is 8.49. The second kappa shape index (κ2) is 7.25. The van der Waals surface area contributed by atoms with Gasteiger partial charge in [0.25, 0.3) is 5.91 Å². The average Bonchev–Trinajstić information content (AvgIpc) is 2.97. The predicted molar refractivity (Wildman–Crippen MR) is 103 cm³/mol. The molecule has 0 saturated carbocycles. The number of nitrogens with zero attached hydrogens (tertiary/aromatic N) is 2. The number of aromatic nitrogens is 1. The summed E-state index contributed by atoms with van der Waals surface area (Å²) < 4.78 is 23.3. The summed E-state index contributed by atoms with van der Waals surface area (Å²) in [4.78, 5) is 18.5. The van der Waals surface area contributed by atoms with Crippen LogP contribution in [0.25, 0.3) is 0 Å². The number of carbonyl (C=O) groups is 1. The van der Waals surface area contributed by atoms with Crippen LogP contribution in [0.2, 0.25) is 5.02 Å². The van der Waals surface area contributed by atoms with E-state index in [1.807, 2.05) is 13.0 Å². The number of hydrogen-bond acceptors (Lipinski definition) is 5. The predicted octanol–water partition coefficient (Wildman–Crippen LogP) is 3.05. The van der Waals surface area contributed by atoms with Crippen molar-refractivity contribution in [3.8, 4) is 0 Å². The summed E-state index contributed by atoms with van der Waals surface area (Å²) in [5, 5.41) is 3.77. The molecular formula is C18H20ClN3O3S. The van der Waals surface area contributed by atoms with Crippen LogP contribution in [0.15, 0.2) is 36.5 Å². The fourth-order valence-corrected chi connectivity index (χ4v) is 4.90. The summed E-state index contributed by atoms with van der Waals surface area (Å²) in [7, 11) is -1.40. The second-order valence-electron chi connectivity index (χ2n) is 6.49. The number of halogens is 1. The van der Waals surface area contributed by atoms with Crippen LogP contribution < -0.4 is 5.32 Å². The third-order valence-electron chi connectivity index (χ3n) is 4.55. The minimum atomic E-state index is -3.04. The number of pyridine rings is 1. The lowest BCUT2D eigenvalue weighted by Crippen LogP contribution is -2.37. The van der Waals surface area contributed by atoms with Gasteiger partial charge in [0, 0.05) is 35.6 Å². The number of benzene rings is 1. The van der Waals surface area contributed by atoms with E-state index in [-0.39, 0.29) is 23.5 Å². The summed E-state index contributed by atoms with van der Waals surface area (Å²) in [5.74, 6) is 0.452. The van der Waals surface area contributed by atoms with E-state index in [1.54, 1.807) is 37.5 Å². The molecule has 1 saturated heterocycles. The fraction of sp³-hybridized carbons (Fsp3) is 0.333. The van der Waals surface area contributed by atoms with Crippen LogP contribution in [-0.4, -0.2) is 48.8 Å². The van der Waals surface area contributed by atoms with Crippen molar-refractivity contribution >= 4 is 38.9 Å². The van der Waals surface area contributed by atoms with Crippen LogP contribution in [0.4, 0.5) is 11.5 Å². The summed E-state index contributed by atoms with van der Waals surface area (Å²) in [6.07, 6.45) is 2.02. The molecule has 8 heteroatoms. The Bertz CT molecular complexity index is 946. The van der Waals surface area contributed by atoms with Gasteiger partial charge in [0.05, 0.1) is 11.5 Å². The molecular weight excluding hydrogens is 374 g/mol. The first-order chi connectivity index (χ1) is 12.2. The van der Waals surface area contributed by atoms with E-state index < -0.39 is 9.84 Å². The van der Waals surface area contributed by atoms with E-state index in [9.17, 15) is 13.2 Å². The van der Waals surface area contributed by atoms with Crippen LogP contribution in [-0.2, 0) is 9.84 Å². The Morgan fingerprint density at radius 3 is 2.77 bits per heavy atom. The molecule has 0 spiro atoms. The maximum atomic E-state index is 12.7. The molecule has 6 nitrogen and oxygen atoms in total. The number of nitrogens with one attached hydrogen (secondary N) is 1. The van der Waals surface area contributed by atoms with Gasteiger partial charge in [-0.3, -0.25) is 4.79 Å². The molecule has 2 heterocycles. The van der Waals surface area contributed by atoms with Crippen LogP contribution in [0.5, 0.6) is 0 Å². The molecule has 1 fully saturated rings. The van der Waals surface area contributed by atoms with Gasteiger partial charge in [-0.2, -0.15) is 0 Å². The van der Waals surface area contributed by atoms with Gasteiger partial charge >= 0.3 is 0 Å². The second-order valence-corrected chi connectivity index (χ2v) is 9.15.